The number of hydrogen-bond donors (Lipinski definition) is 2. The smallest absolute Gasteiger partial charge is 0.191 e. The van der Waals surface area contributed by atoms with Crippen molar-refractivity contribution < 1.29 is 14.2 Å². The van der Waals surface area contributed by atoms with Crippen LogP contribution in [0.5, 0.6) is 5.75 Å². The zero-order chi connectivity index (χ0) is 21.1. The lowest BCUT2D eigenvalue weighted by atomic mass is 9.67. The standard InChI is InChI=1S/C23H38N4O3/c1-24-22(26-19-23(8-5-9-23)10-14-28-2)25-18-20-6-3-4-7-21(20)30-17-13-27-11-15-29-16-12-27/h3-4,6-7H,5,8-19H2,1-2H3,(H2,24,25,26). The number of nitrogens with one attached hydrogen (secondary N) is 2. The molecule has 7 nitrogen and oxygen atoms in total. The zero-order valence-electron chi connectivity index (χ0n) is 18.6. The number of nitrogens with zero attached hydrogens (tertiary/aromatic N) is 2. The lowest BCUT2D eigenvalue weighted by Gasteiger charge is -2.42. The predicted molar refractivity (Wildman–Crippen MR) is 120 cm³/mol. The molecule has 2 fully saturated rings. The Bertz CT molecular complexity index is 658. The maximum Gasteiger partial charge on any atom is 0.191 e. The van der Waals surface area contributed by atoms with Crippen LogP contribution in [0.15, 0.2) is 29.3 Å². The van der Waals surface area contributed by atoms with Gasteiger partial charge < -0.3 is 24.8 Å². The number of para-hydroxylation sites is 1. The van der Waals surface area contributed by atoms with Gasteiger partial charge in [-0.25, -0.2) is 0 Å². The molecule has 0 spiro atoms. The number of methoxy groups -OCH3 is 1. The van der Waals surface area contributed by atoms with Crippen LogP contribution in [0.2, 0.25) is 0 Å². The largest absolute Gasteiger partial charge is 0.492 e. The molecule has 3 rings (SSSR count). The number of aliphatic imine (C=N–C) groups is 1. The minimum Gasteiger partial charge on any atom is -0.492 e. The Morgan fingerprint density at radius 3 is 2.67 bits per heavy atom. The molecule has 1 aliphatic heterocycles. The average Bonchev–Trinajstić information content (AvgIpc) is 2.76. The van der Waals surface area contributed by atoms with Crippen LogP contribution < -0.4 is 15.4 Å². The Morgan fingerprint density at radius 2 is 1.97 bits per heavy atom. The number of hydrogen-bond acceptors (Lipinski definition) is 5. The second-order valence-corrected chi connectivity index (χ2v) is 8.29. The molecular weight excluding hydrogens is 380 g/mol. The van der Waals surface area contributed by atoms with E-state index in [1.165, 1.54) is 19.3 Å². The van der Waals surface area contributed by atoms with Crippen molar-refractivity contribution in [3.05, 3.63) is 29.8 Å². The third-order valence-electron chi connectivity index (χ3n) is 6.29. The van der Waals surface area contributed by atoms with E-state index in [0.717, 1.165) is 69.7 Å². The Balaban J connectivity index is 1.44. The van der Waals surface area contributed by atoms with E-state index in [1.54, 1.807) is 7.11 Å². The molecular formula is C23H38N4O3. The zero-order valence-corrected chi connectivity index (χ0v) is 18.6. The van der Waals surface area contributed by atoms with Crippen LogP contribution in [0.25, 0.3) is 0 Å². The summed E-state index contributed by atoms with van der Waals surface area (Å²) in [7, 11) is 3.60. The highest BCUT2D eigenvalue weighted by atomic mass is 16.5. The topological polar surface area (TPSA) is 67.4 Å². The molecule has 2 aliphatic rings. The highest BCUT2D eigenvalue weighted by molar-refractivity contribution is 5.79. The van der Waals surface area contributed by atoms with Crippen LogP contribution in [-0.4, -0.2) is 77.6 Å². The van der Waals surface area contributed by atoms with E-state index in [2.05, 4.69) is 32.7 Å². The molecule has 7 heteroatoms. The summed E-state index contributed by atoms with van der Waals surface area (Å²) < 4.78 is 16.8. The van der Waals surface area contributed by atoms with E-state index in [1.807, 2.05) is 19.2 Å². The van der Waals surface area contributed by atoms with E-state index < -0.39 is 0 Å². The maximum absolute atomic E-state index is 6.09. The fourth-order valence-electron chi connectivity index (χ4n) is 4.08. The third-order valence-corrected chi connectivity index (χ3v) is 6.29. The van der Waals surface area contributed by atoms with Crippen molar-refractivity contribution in [2.75, 3.05) is 66.8 Å². The first-order chi connectivity index (χ1) is 14.7. The van der Waals surface area contributed by atoms with Gasteiger partial charge in [-0.1, -0.05) is 24.6 Å². The molecule has 0 aromatic heterocycles. The van der Waals surface area contributed by atoms with Crippen molar-refractivity contribution in [3.8, 4) is 5.75 Å². The van der Waals surface area contributed by atoms with Gasteiger partial charge in [0.25, 0.3) is 0 Å². The van der Waals surface area contributed by atoms with Gasteiger partial charge in [0.2, 0.25) is 0 Å². The van der Waals surface area contributed by atoms with Gasteiger partial charge in [0.1, 0.15) is 12.4 Å². The lowest BCUT2D eigenvalue weighted by Crippen LogP contribution is -2.46. The van der Waals surface area contributed by atoms with E-state index in [4.69, 9.17) is 14.2 Å². The summed E-state index contributed by atoms with van der Waals surface area (Å²) in [6.45, 7) is 7.67. The van der Waals surface area contributed by atoms with Gasteiger partial charge in [-0.05, 0) is 30.7 Å². The molecule has 0 atom stereocenters. The first-order valence-corrected chi connectivity index (χ1v) is 11.2. The predicted octanol–water partition coefficient (Wildman–Crippen LogP) is 2.27. The molecule has 0 unspecified atom stereocenters. The van der Waals surface area contributed by atoms with Crippen molar-refractivity contribution >= 4 is 5.96 Å². The highest BCUT2D eigenvalue weighted by Crippen LogP contribution is 2.43. The summed E-state index contributed by atoms with van der Waals surface area (Å²) >= 11 is 0. The minimum atomic E-state index is 0.355. The summed E-state index contributed by atoms with van der Waals surface area (Å²) in [6.07, 6.45) is 4.94. The second kappa shape index (κ2) is 12.1. The van der Waals surface area contributed by atoms with Gasteiger partial charge in [-0.3, -0.25) is 9.89 Å². The van der Waals surface area contributed by atoms with Crippen LogP contribution in [0, 0.1) is 5.41 Å². The summed E-state index contributed by atoms with van der Waals surface area (Å²) in [4.78, 5) is 6.79. The molecule has 1 aromatic carbocycles. The molecule has 1 aromatic rings. The lowest BCUT2D eigenvalue weighted by molar-refractivity contribution is 0.0322. The molecule has 1 saturated carbocycles. The Labute approximate surface area is 181 Å². The van der Waals surface area contributed by atoms with Gasteiger partial charge in [-0.2, -0.15) is 0 Å². The molecule has 0 radical (unpaired) electrons. The van der Waals surface area contributed by atoms with Crippen LogP contribution in [0.3, 0.4) is 0 Å². The SMILES string of the molecule is CN=C(NCc1ccccc1OCCN1CCOCC1)NCC1(CCOC)CCC1. The summed E-state index contributed by atoms with van der Waals surface area (Å²) in [5.74, 6) is 1.77. The maximum atomic E-state index is 6.09. The van der Waals surface area contributed by atoms with E-state index >= 15 is 0 Å². The number of benzene rings is 1. The van der Waals surface area contributed by atoms with E-state index in [0.29, 0.717) is 18.6 Å². The van der Waals surface area contributed by atoms with Crippen molar-refractivity contribution in [2.24, 2.45) is 10.4 Å². The van der Waals surface area contributed by atoms with Crippen LogP contribution in [-0.2, 0) is 16.0 Å². The van der Waals surface area contributed by atoms with Gasteiger partial charge in [0.05, 0.1) is 13.2 Å². The molecule has 0 bridgehead atoms. The van der Waals surface area contributed by atoms with Gasteiger partial charge in [0.15, 0.2) is 5.96 Å². The van der Waals surface area contributed by atoms with Gasteiger partial charge >= 0.3 is 0 Å². The first kappa shape index (κ1) is 22.8. The highest BCUT2D eigenvalue weighted by Gasteiger charge is 2.36. The van der Waals surface area contributed by atoms with E-state index in [-0.39, 0.29) is 0 Å². The number of guanidine groups is 1. The van der Waals surface area contributed by atoms with Crippen molar-refractivity contribution in [1.82, 2.24) is 15.5 Å². The number of ether oxygens (including phenoxy) is 3. The molecule has 1 heterocycles. The Morgan fingerprint density at radius 1 is 1.17 bits per heavy atom. The summed E-state index contributed by atoms with van der Waals surface area (Å²) in [5, 5.41) is 6.96. The first-order valence-electron chi connectivity index (χ1n) is 11.2. The van der Waals surface area contributed by atoms with Gasteiger partial charge in [-0.15, -0.1) is 0 Å². The normalized spacial score (nSPS) is 19.2. The summed E-state index contributed by atoms with van der Waals surface area (Å²) in [6, 6.07) is 8.23. The van der Waals surface area contributed by atoms with E-state index in [9.17, 15) is 0 Å². The number of morpholine rings is 1. The quantitative estimate of drug-likeness (QED) is 0.425. The molecule has 30 heavy (non-hydrogen) atoms. The second-order valence-electron chi connectivity index (χ2n) is 8.29. The average molecular weight is 419 g/mol. The van der Waals surface area contributed by atoms with Crippen molar-refractivity contribution in [1.29, 1.82) is 0 Å². The monoisotopic (exact) mass is 418 g/mol. The van der Waals surface area contributed by atoms with Gasteiger partial charge in [0, 0.05) is 59.1 Å². The Hall–Kier alpha value is -1.83. The molecule has 2 N–H and O–H groups in total. The summed E-state index contributed by atoms with van der Waals surface area (Å²) in [5.41, 5.74) is 1.49. The number of rotatable bonds is 11. The third kappa shape index (κ3) is 6.86. The van der Waals surface area contributed by atoms with Crippen LogP contribution in [0.4, 0.5) is 0 Å². The fourth-order valence-corrected chi connectivity index (χ4v) is 4.08. The van der Waals surface area contributed by atoms with Crippen molar-refractivity contribution in [2.45, 2.75) is 32.2 Å². The van der Waals surface area contributed by atoms with Crippen LogP contribution in [0.1, 0.15) is 31.2 Å². The van der Waals surface area contributed by atoms with Crippen LogP contribution >= 0.6 is 0 Å². The molecule has 1 saturated heterocycles. The van der Waals surface area contributed by atoms with Crippen molar-refractivity contribution in [3.63, 3.8) is 0 Å². The molecule has 1 aliphatic carbocycles. The molecule has 168 valence electrons. The molecule has 0 amide bonds. The minimum absolute atomic E-state index is 0.355. The fraction of sp³-hybridized carbons (Fsp3) is 0.696. The Kier molecular flexibility index (Phi) is 9.24.